The lowest BCUT2D eigenvalue weighted by Gasteiger charge is -2.35. The molecule has 9 heteroatoms. The average molecular weight is 462 g/mol. The molecule has 32 heavy (non-hydrogen) atoms. The van der Waals surface area contributed by atoms with Crippen LogP contribution < -0.4 is 0 Å². The molecule has 1 unspecified atom stereocenters. The summed E-state index contributed by atoms with van der Waals surface area (Å²) < 4.78 is 47.6. The Hall–Kier alpha value is -2.52. The number of carbonyl (C=O) groups is 1. The van der Waals surface area contributed by atoms with Crippen LogP contribution in [0, 0.1) is 18.7 Å². The number of carbonyl (C=O) groups excluding carboxylic acids is 1. The summed E-state index contributed by atoms with van der Waals surface area (Å²) in [4.78, 5) is 14.8. The van der Waals surface area contributed by atoms with E-state index in [1.54, 1.807) is 25.1 Å². The largest absolute Gasteiger partial charge is 0.355 e. The van der Waals surface area contributed by atoms with E-state index in [1.807, 2.05) is 4.90 Å². The molecular formula is C23H28FN3O4S. The van der Waals surface area contributed by atoms with E-state index in [0.717, 1.165) is 32.4 Å². The van der Waals surface area contributed by atoms with Crippen molar-refractivity contribution in [3.8, 4) is 0 Å². The molecule has 0 N–H and O–H groups in total. The topological polar surface area (TPSA) is 83.7 Å². The summed E-state index contributed by atoms with van der Waals surface area (Å²) in [5.74, 6) is -0.657. The van der Waals surface area contributed by atoms with Gasteiger partial charge in [-0.3, -0.25) is 4.79 Å². The molecule has 2 aromatic rings. The highest BCUT2D eigenvalue weighted by Crippen LogP contribution is 2.30. The Bertz CT molecular complexity index is 1110. The minimum atomic E-state index is -3.93. The van der Waals surface area contributed by atoms with Crippen molar-refractivity contribution >= 4 is 28.1 Å². The second-order valence-electron chi connectivity index (χ2n) is 8.40. The second-order valence-corrected chi connectivity index (χ2v) is 10.3. The normalized spacial score (nSPS) is 20.7. The molecule has 4 rings (SSSR count). The Balaban J connectivity index is 1.56. The van der Waals surface area contributed by atoms with E-state index in [0.29, 0.717) is 24.9 Å². The van der Waals surface area contributed by atoms with Crippen molar-refractivity contribution in [1.29, 1.82) is 0 Å². The molecule has 2 fully saturated rings. The summed E-state index contributed by atoms with van der Waals surface area (Å²) in [5, 5.41) is 3.84. The molecule has 0 aliphatic carbocycles. The maximum absolute atomic E-state index is 13.9. The predicted molar refractivity (Wildman–Crippen MR) is 118 cm³/mol. The number of aryl methyl sites for hydroxylation is 1. The average Bonchev–Trinajstić information content (AvgIpc) is 3.20. The predicted octanol–water partition coefficient (Wildman–Crippen LogP) is 3.71. The number of sulfonamides is 1. The van der Waals surface area contributed by atoms with Crippen molar-refractivity contribution in [2.45, 2.75) is 43.9 Å². The lowest BCUT2D eigenvalue weighted by Crippen LogP contribution is -2.48. The first-order valence-corrected chi connectivity index (χ1v) is 12.5. The van der Waals surface area contributed by atoms with Crippen molar-refractivity contribution in [2.75, 3.05) is 26.2 Å². The molecule has 1 aromatic heterocycles. The van der Waals surface area contributed by atoms with Gasteiger partial charge >= 0.3 is 0 Å². The Morgan fingerprint density at radius 1 is 1.12 bits per heavy atom. The highest BCUT2D eigenvalue weighted by atomic mass is 32.2. The molecule has 0 saturated carbocycles. The molecule has 1 aromatic carbocycles. The van der Waals surface area contributed by atoms with Crippen LogP contribution in [0.4, 0.5) is 4.39 Å². The number of amides is 1. The molecule has 0 radical (unpaired) electrons. The van der Waals surface area contributed by atoms with Crippen molar-refractivity contribution in [2.24, 2.45) is 5.92 Å². The first kappa shape index (κ1) is 22.7. The van der Waals surface area contributed by atoms with E-state index >= 15 is 0 Å². The van der Waals surface area contributed by atoms with Crippen LogP contribution in [0.25, 0.3) is 12.2 Å². The minimum Gasteiger partial charge on any atom is -0.355 e. The molecule has 172 valence electrons. The summed E-state index contributed by atoms with van der Waals surface area (Å²) in [6.07, 6.45) is 7.32. The number of nitrogens with zero attached hydrogens (tertiary/aromatic N) is 3. The Morgan fingerprint density at radius 3 is 2.62 bits per heavy atom. The van der Waals surface area contributed by atoms with Gasteiger partial charge in [0.15, 0.2) is 10.7 Å². The number of rotatable bonds is 5. The number of aromatic nitrogens is 1. The van der Waals surface area contributed by atoms with Crippen molar-refractivity contribution in [3.05, 3.63) is 47.1 Å². The Kier molecular flexibility index (Phi) is 6.76. The van der Waals surface area contributed by atoms with Gasteiger partial charge in [-0.25, -0.2) is 12.8 Å². The van der Waals surface area contributed by atoms with E-state index < -0.39 is 15.8 Å². The fourth-order valence-corrected chi connectivity index (χ4v) is 6.21. The maximum Gasteiger partial charge on any atom is 0.248 e. The number of hydrogen-bond donors (Lipinski definition) is 0. The molecular weight excluding hydrogens is 433 g/mol. The van der Waals surface area contributed by atoms with Crippen LogP contribution in [0.3, 0.4) is 0 Å². The van der Waals surface area contributed by atoms with Gasteiger partial charge in [-0.15, -0.1) is 0 Å². The molecule has 7 nitrogen and oxygen atoms in total. The van der Waals surface area contributed by atoms with E-state index in [4.69, 9.17) is 4.52 Å². The van der Waals surface area contributed by atoms with Crippen LogP contribution in [-0.2, 0) is 14.8 Å². The van der Waals surface area contributed by atoms with E-state index in [-0.39, 0.29) is 34.7 Å². The lowest BCUT2D eigenvalue weighted by molar-refractivity contribution is -0.137. The molecule has 2 saturated heterocycles. The Labute approximate surface area is 187 Å². The summed E-state index contributed by atoms with van der Waals surface area (Å²) in [7, 11) is -3.93. The van der Waals surface area contributed by atoms with Gasteiger partial charge in [-0.2, -0.15) is 4.31 Å². The van der Waals surface area contributed by atoms with Crippen molar-refractivity contribution < 1.29 is 22.1 Å². The number of benzene rings is 1. The molecule has 1 amide bonds. The quantitative estimate of drug-likeness (QED) is 0.678. The van der Waals surface area contributed by atoms with Crippen LogP contribution in [0.5, 0.6) is 0 Å². The number of halogens is 1. The van der Waals surface area contributed by atoms with Crippen LogP contribution in [0.2, 0.25) is 0 Å². The summed E-state index contributed by atoms with van der Waals surface area (Å²) in [5.41, 5.74) is 0.553. The van der Waals surface area contributed by atoms with E-state index in [2.05, 4.69) is 5.16 Å². The lowest BCUT2D eigenvalue weighted by atomic mass is 9.97. The number of piperidine rings is 2. The first-order valence-electron chi connectivity index (χ1n) is 11.1. The summed E-state index contributed by atoms with van der Waals surface area (Å²) >= 11 is 0. The van der Waals surface area contributed by atoms with Crippen LogP contribution in [0.1, 0.15) is 49.1 Å². The van der Waals surface area contributed by atoms with E-state index in [9.17, 15) is 17.6 Å². The number of hydrogen-bond acceptors (Lipinski definition) is 5. The molecule has 1 atom stereocenters. The van der Waals surface area contributed by atoms with Crippen LogP contribution >= 0.6 is 0 Å². The first-order chi connectivity index (χ1) is 15.4. The van der Waals surface area contributed by atoms with Crippen LogP contribution in [-0.4, -0.2) is 54.9 Å². The van der Waals surface area contributed by atoms with Crippen molar-refractivity contribution in [1.82, 2.24) is 14.4 Å². The van der Waals surface area contributed by atoms with Gasteiger partial charge in [0.1, 0.15) is 11.5 Å². The fraction of sp³-hybridized carbons (Fsp3) is 0.478. The smallest absolute Gasteiger partial charge is 0.248 e. The Morgan fingerprint density at radius 2 is 1.88 bits per heavy atom. The highest BCUT2D eigenvalue weighted by molar-refractivity contribution is 7.89. The fourth-order valence-electron chi connectivity index (χ4n) is 4.44. The standard InChI is InChI=1S/C23H28FN3O4S/c1-17-22(21(31-25-17)12-11-18-8-3-4-10-20(18)24)32(29,30)27-15-7-9-19(16-27)23(28)26-13-5-2-6-14-26/h3-4,8,10-12,19H,2,5-7,9,13-16H2,1H3. The third kappa shape index (κ3) is 4.63. The summed E-state index contributed by atoms with van der Waals surface area (Å²) in [6.45, 7) is 3.55. The van der Waals surface area contributed by atoms with Gasteiger partial charge in [0, 0.05) is 31.7 Å². The summed E-state index contributed by atoms with van der Waals surface area (Å²) in [6, 6.07) is 6.19. The van der Waals surface area contributed by atoms with Crippen molar-refractivity contribution in [3.63, 3.8) is 0 Å². The van der Waals surface area contributed by atoms with Gasteiger partial charge < -0.3 is 9.42 Å². The zero-order chi connectivity index (χ0) is 22.7. The molecule has 0 spiro atoms. The molecule has 2 aliphatic heterocycles. The second kappa shape index (κ2) is 9.54. The van der Waals surface area contributed by atoms with E-state index in [1.165, 1.54) is 22.5 Å². The monoisotopic (exact) mass is 461 g/mol. The van der Waals surface area contributed by atoms with Gasteiger partial charge in [-0.05, 0) is 57.2 Å². The molecule has 0 bridgehead atoms. The van der Waals surface area contributed by atoms with Crippen LogP contribution in [0.15, 0.2) is 33.7 Å². The molecule has 2 aliphatic rings. The third-order valence-corrected chi connectivity index (χ3v) is 8.18. The zero-order valence-corrected chi connectivity index (χ0v) is 19.0. The highest BCUT2D eigenvalue weighted by Gasteiger charge is 2.38. The third-order valence-electron chi connectivity index (χ3n) is 6.15. The maximum atomic E-state index is 13.9. The minimum absolute atomic E-state index is 0.0313. The number of likely N-dealkylation sites (tertiary alicyclic amines) is 1. The van der Waals surface area contributed by atoms with Gasteiger partial charge in [0.25, 0.3) is 0 Å². The van der Waals surface area contributed by atoms with Gasteiger partial charge in [0.05, 0.1) is 5.92 Å². The van der Waals surface area contributed by atoms with Gasteiger partial charge in [-0.1, -0.05) is 23.4 Å². The molecule has 3 heterocycles. The zero-order valence-electron chi connectivity index (χ0n) is 18.2. The SMILES string of the molecule is Cc1noc(C=Cc2ccccc2F)c1S(=O)(=O)N1CCCC(C(=O)N2CCCCC2)C1. The van der Waals surface area contributed by atoms with Gasteiger partial charge in [0.2, 0.25) is 15.9 Å².